The van der Waals surface area contributed by atoms with E-state index in [1.807, 2.05) is 47.3 Å². The lowest BCUT2D eigenvalue weighted by molar-refractivity contribution is -0.0388. The number of nitrogens with two attached hydrogens (primary N) is 1. The van der Waals surface area contributed by atoms with E-state index in [0.29, 0.717) is 18.6 Å². The van der Waals surface area contributed by atoms with E-state index in [1.54, 1.807) is 0 Å². The van der Waals surface area contributed by atoms with Crippen LogP contribution in [0.5, 0.6) is 0 Å². The van der Waals surface area contributed by atoms with Crippen molar-refractivity contribution in [2.24, 2.45) is 11.7 Å². The summed E-state index contributed by atoms with van der Waals surface area (Å²) in [6.07, 6.45) is 4.53. The molecule has 100 valence electrons. The number of para-hydroxylation sites is 1. The SMILES string of the molecule is NCC1CC(OCc2ccn(-c3ccccc3)n2)C1. The molecule has 0 aliphatic heterocycles. The van der Waals surface area contributed by atoms with Gasteiger partial charge in [0.15, 0.2) is 0 Å². The zero-order valence-electron chi connectivity index (χ0n) is 10.9. The average Bonchev–Trinajstić information content (AvgIpc) is 2.87. The molecular weight excluding hydrogens is 238 g/mol. The molecule has 0 spiro atoms. The molecule has 1 heterocycles. The molecule has 19 heavy (non-hydrogen) atoms. The Bertz CT molecular complexity index is 517. The van der Waals surface area contributed by atoms with Gasteiger partial charge in [-0.1, -0.05) is 18.2 Å². The summed E-state index contributed by atoms with van der Waals surface area (Å²) >= 11 is 0. The molecule has 4 heteroatoms. The number of ether oxygens (including phenoxy) is 1. The Morgan fingerprint density at radius 2 is 2.00 bits per heavy atom. The first-order chi connectivity index (χ1) is 9.35. The Kier molecular flexibility index (Phi) is 3.62. The minimum Gasteiger partial charge on any atom is -0.372 e. The molecular formula is C15H19N3O. The Morgan fingerprint density at radius 3 is 2.74 bits per heavy atom. The first-order valence-corrected chi connectivity index (χ1v) is 6.77. The predicted octanol–water partition coefficient (Wildman–Crippen LogP) is 2.13. The van der Waals surface area contributed by atoms with Crippen LogP contribution in [-0.2, 0) is 11.3 Å². The number of nitrogens with zero attached hydrogens (tertiary/aromatic N) is 2. The van der Waals surface area contributed by atoms with Gasteiger partial charge in [-0.25, -0.2) is 4.68 Å². The molecule has 0 bridgehead atoms. The van der Waals surface area contributed by atoms with Crippen LogP contribution in [0.4, 0.5) is 0 Å². The van der Waals surface area contributed by atoms with E-state index in [9.17, 15) is 0 Å². The smallest absolute Gasteiger partial charge is 0.0910 e. The molecule has 1 aromatic carbocycles. The van der Waals surface area contributed by atoms with Crippen molar-refractivity contribution in [1.29, 1.82) is 0 Å². The van der Waals surface area contributed by atoms with E-state index in [1.165, 1.54) is 0 Å². The Hall–Kier alpha value is -1.65. The summed E-state index contributed by atoms with van der Waals surface area (Å²) in [5.41, 5.74) is 7.64. The molecule has 4 nitrogen and oxygen atoms in total. The average molecular weight is 257 g/mol. The van der Waals surface area contributed by atoms with Gasteiger partial charge in [-0.05, 0) is 43.5 Å². The summed E-state index contributed by atoms with van der Waals surface area (Å²) in [4.78, 5) is 0. The minimum atomic E-state index is 0.371. The minimum absolute atomic E-state index is 0.371. The van der Waals surface area contributed by atoms with Gasteiger partial charge in [-0.2, -0.15) is 5.10 Å². The van der Waals surface area contributed by atoms with Gasteiger partial charge in [0.2, 0.25) is 0 Å². The monoisotopic (exact) mass is 257 g/mol. The molecule has 1 aliphatic rings. The third-order valence-corrected chi connectivity index (χ3v) is 3.66. The fraction of sp³-hybridized carbons (Fsp3) is 0.400. The third kappa shape index (κ3) is 2.85. The summed E-state index contributed by atoms with van der Waals surface area (Å²) < 4.78 is 7.69. The summed E-state index contributed by atoms with van der Waals surface area (Å²) in [5, 5.41) is 4.52. The van der Waals surface area contributed by atoms with Gasteiger partial charge in [0.1, 0.15) is 0 Å². The van der Waals surface area contributed by atoms with Crippen LogP contribution < -0.4 is 5.73 Å². The predicted molar refractivity (Wildman–Crippen MR) is 73.9 cm³/mol. The number of aromatic nitrogens is 2. The Balaban J connectivity index is 1.54. The van der Waals surface area contributed by atoms with Crippen LogP contribution in [0.2, 0.25) is 0 Å². The van der Waals surface area contributed by atoms with E-state index in [2.05, 4.69) is 5.10 Å². The number of benzene rings is 1. The number of hydrogen-bond acceptors (Lipinski definition) is 3. The van der Waals surface area contributed by atoms with Gasteiger partial charge >= 0.3 is 0 Å². The fourth-order valence-corrected chi connectivity index (χ4v) is 2.37. The van der Waals surface area contributed by atoms with Crippen molar-refractivity contribution in [2.75, 3.05) is 6.54 Å². The van der Waals surface area contributed by atoms with Crippen LogP contribution in [0.15, 0.2) is 42.6 Å². The second kappa shape index (κ2) is 5.55. The highest BCUT2D eigenvalue weighted by atomic mass is 16.5. The van der Waals surface area contributed by atoms with Gasteiger partial charge < -0.3 is 10.5 Å². The zero-order valence-corrected chi connectivity index (χ0v) is 10.9. The van der Waals surface area contributed by atoms with Gasteiger partial charge in [0.25, 0.3) is 0 Å². The molecule has 2 aromatic rings. The first-order valence-electron chi connectivity index (χ1n) is 6.77. The topological polar surface area (TPSA) is 53.1 Å². The van der Waals surface area contributed by atoms with E-state index < -0.39 is 0 Å². The van der Waals surface area contributed by atoms with Crippen LogP contribution in [0.3, 0.4) is 0 Å². The third-order valence-electron chi connectivity index (χ3n) is 3.66. The maximum absolute atomic E-state index is 5.81. The Morgan fingerprint density at radius 1 is 1.21 bits per heavy atom. The molecule has 1 aliphatic carbocycles. The van der Waals surface area contributed by atoms with Gasteiger partial charge in [0.05, 0.1) is 24.1 Å². The standard InChI is InChI=1S/C15H19N3O/c16-10-12-8-15(9-12)19-11-13-6-7-18(17-13)14-4-2-1-3-5-14/h1-7,12,15H,8-11,16H2. The van der Waals surface area contributed by atoms with Crippen LogP contribution in [0.1, 0.15) is 18.5 Å². The van der Waals surface area contributed by atoms with Crippen LogP contribution >= 0.6 is 0 Å². The first kappa shape index (κ1) is 12.4. The maximum Gasteiger partial charge on any atom is 0.0910 e. The molecule has 0 atom stereocenters. The van der Waals surface area contributed by atoms with Crippen molar-refractivity contribution in [1.82, 2.24) is 9.78 Å². The lowest BCUT2D eigenvalue weighted by atomic mass is 9.82. The van der Waals surface area contributed by atoms with Crippen molar-refractivity contribution in [3.8, 4) is 5.69 Å². The van der Waals surface area contributed by atoms with Crippen LogP contribution in [0, 0.1) is 5.92 Å². The molecule has 1 aromatic heterocycles. The highest BCUT2D eigenvalue weighted by Crippen LogP contribution is 2.29. The van der Waals surface area contributed by atoms with E-state index in [4.69, 9.17) is 10.5 Å². The summed E-state index contributed by atoms with van der Waals surface area (Å²) in [6, 6.07) is 12.1. The zero-order chi connectivity index (χ0) is 13.1. The Labute approximate surface area is 113 Å². The molecule has 0 saturated heterocycles. The molecule has 3 rings (SSSR count). The lowest BCUT2D eigenvalue weighted by Gasteiger charge is -2.33. The molecule has 1 saturated carbocycles. The van der Waals surface area contributed by atoms with Crippen LogP contribution in [-0.4, -0.2) is 22.4 Å². The number of hydrogen-bond donors (Lipinski definition) is 1. The summed E-state index contributed by atoms with van der Waals surface area (Å²) in [7, 11) is 0. The van der Waals surface area contributed by atoms with E-state index in [-0.39, 0.29) is 0 Å². The molecule has 1 fully saturated rings. The number of rotatable bonds is 5. The summed E-state index contributed by atoms with van der Waals surface area (Å²) in [5.74, 6) is 0.659. The normalized spacial score (nSPS) is 22.2. The molecule has 0 radical (unpaired) electrons. The van der Waals surface area contributed by atoms with Crippen molar-refractivity contribution >= 4 is 0 Å². The largest absolute Gasteiger partial charge is 0.372 e. The van der Waals surface area contributed by atoms with Gasteiger partial charge in [0, 0.05) is 6.20 Å². The van der Waals surface area contributed by atoms with Crippen LogP contribution in [0.25, 0.3) is 5.69 Å². The van der Waals surface area contributed by atoms with Gasteiger partial charge in [-0.3, -0.25) is 0 Å². The highest BCUT2D eigenvalue weighted by Gasteiger charge is 2.28. The van der Waals surface area contributed by atoms with E-state index >= 15 is 0 Å². The molecule has 0 unspecified atom stereocenters. The van der Waals surface area contributed by atoms with Crippen molar-refractivity contribution in [2.45, 2.75) is 25.6 Å². The van der Waals surface area contributed by atoms with Crippen molar-refractivity contribution in [3.05, 3.63) is 48.3 Å². The highest BCUT2D eigenvalue weighted by molar-refractivity contribution is 5.30. The van der Waals surface area contributed by atoms with Crippen molar-refractivity contribution < 1.29 is 4.74 Å². The second-order valence-electron chi connectivity index (χ2n) is 5.09. The molecule has 2 N–H and O–H groups in total. The van der Waals surface area contributed by atoms with Gasteiger partial charge in [-0.15, -0.1) is 0 Å². The summed E-state index contributed by atoms with van der Waals surface area (Å²) in [6.45, 7) is 1.37. The van der Waals surface area contributed by atoms with E-state index in [0.717, 1.165) is 30.8 Å². The fourth-order valence-electron chi connectivity index (χ4n) is 2.37. The van der Waals surface area contributed by atoms with Crippen molar-refractivity contribution in [3.63, 3.8) is 0 Å². The second-order valence-corrected chi connectivity index (χ2v) is 5.09. The quantitative estimate of drug-likeness (QED) is 0.892. The molecule has 0 amide bonds. The maximum atomic E-state index is 5.81. The lowest BCUT2D eigenvalue weighted by Crippen LogP contribution is -2.35.